The second kappa shape index (κ2) is 6.20. The Hall–Kier alpha value is -1.32. The Bertz CT molecular complexity index is 439. The number of hydrogen-bond acceptors (Lipinski definition) is 2. The maximum absolute atomic E-state index is 12.5. The molecular formula is C17H25NO3. The quantitative estimate of drug-likeness (QED) is 0.782. The normalized spacial score (nSPS) is 35.6. The molecule has 0 unspecified atom stereocenters. The number of rotatable bonds is 4. The molecule has 0 aromatic rings. The Labute approximate surface area is 126 Å². The van der Waals surface area contributed by atoms with Crippen molar-refractivity contribution in [3.63, 3.8) is 0 Å². The van der Waals surface area contributed by atoms with E-state index < -0.39 is 11.9 Å². The lowest BCUT2D eigenvalue weighted by Crippen LogP contribution is -2.49. The van der Waals surface area contributed by atoms with Crippen LogP contribution < -0.4 is 5.32 Å². The molecule has 21 heavy (non-hydrogen) atoms. The van der Waals surface area contributed by atoms with Crippen LogP contribution >= 0.6 is 0 Å². The van der Waals surface area contributed by atoms with Crippen LogP contribution in [0.3, 0.4) is 0 Å². The molecule has 0 aromatic carbocycles. The van der Waals surface area contributed by atoms with Crippen LogP contribution in [0.2, 0.25) is 0 Å². The van der Waals surface area contributed by atoms with Gasteiger partial charge in [-0.3, -0.25) is 9.59 Å². The molecule has 4 aliphatic rings. The Morgan fingerprint density at radius 3 is 2.14 bits per heavy atom. The van der Waals surface area contributed by atoms with E-state index in [1.165, 1.54) is 32.1 Å². The molecule has 116 valence electrons. The van der Waals surface area contributed by atoms with Gasteiger partial charge < -0.3 is 10.4 Å². The third-order valence-corrected chi connectivity index (χ3v) is 5.63. The maximum Gasteiger partial charge on any atom is 0.307 e. The van der Waals surface area contributed by atoms with Gasteiger partial charge in [0.05, 0.1) is 11.8 Å². The third kappa shape index (κ3) is 2.99. The monoisotopic (exact) mass is 291 g/mol. The molecule has 4 heteroatoms. The summed E-state index contributed by atoms with van der Waals surface area (Å²) in [5.41, 5.74) is 0. The summed E-state index contributed by atoms with van der Waals surface area (Å²) in [5, 5.41) is 12.5. The predicted molar refractivity (Wildman–Crippen MR) is 79.6 cm³/mol. The summed E-state index contributed by atoms with van der Waals surface area (Å²) in [6.45, 7) is 0.725. The molecule has 2 bridgehead atoms. The predicted octanol–water partition coefficient (Wildman–Crippen LogP) is 2.60. The van der Waals surface area contributed by atoms with Crippen molar-refractivity contribution in [3.8, 4) is 0 Å². The van der Waals surface area contributed by atoms with Crippen molar-refractivity contribution >= 4 is 11.9 Å². The van der Waals surface area contributed by atoms with Crippen LogP contribution in [0.5, 0.6) is 0 Å². The minimum Gasteiger partial charge on any atom is -0.481 e. The summed E-state index contributed by atoms with van der Waals surface area (Å²) in [6.07, 6.45) is 12.2. The zero-order valence-corrected chi connectivity index (χ0v) is 12.5. The van der Waals surface area contributed by atoms with Crippen molar-refractivity contribution in [1.82, 2.24) is 5.32 Å². The van der Waals surface area contributed by atoms with Gasteiger partial charge in [-0.1, -0.05) is 31.4 Å². The SMILES string of the molecule is O=C(O)[C@@H]1[C@H](C(=O)NCC2CCCCC2)[C@H]2C=C[C@H]1CC2. The van der Waals surface area contributed by atoms with E-state index in [-0.39, 0.29) is 23.7 Å². The summed E-state index contributed by atoms with van der Waals surface area (Å²) in [4.78, 5) is 24.1. The molecule has 2 fully saturated rings. The highest BCUT2D eigenvalue weighted by atomic mass is 16.4. The van der Waals surface area contributed by atoms with Gasteiger partial charge in [0.15, 0.2) is 0 Å². The zero-order valence-electron chi connectivity index (χ0n) is 12.5. The van der Waals surface area contributed by atoms with Crippen LogP contribution in [0.1, 0.15) is 44.9 Å². The number of aliphatic carboxylic acids is 1. The van der Waals surface area contributed by atoms with Crippen LogP contribution in [0.4, 0.5) is 0 Å². The molecule has 4 nitrogen and oxygen atoms in total. The Morgan fingerprint density at radius 2 is 1.57 bits per heavy atom. The third-order valence-electron chi connectivity index (χ3n) is 5.63. The summed E-state index contributed by atoms with van der Waals surface area (Å²) in [6, 6.07) is 0. The fourth-order valence-electron chi connectivity index (χ4n) is 4.44. The highest BCUT2D eigenvalue weighted by Gasteiger charge is 2.48. The summed E-state index contributed by atoms with van der Waals surface area (Å²) >= 11 is 0. The van der Waals surface area contributed by atoms with Gasteiger partial charge in [-0.05, 0) is 43.4 Å². The Balaban J connectivity index is 1.62. The lowest BCUT2D eigenvalue weighted by Gasteiger charge is -2.42. The van der Waals surface area contributed by atoms with E-state index in [1.807, 2.05) is 6.08 Å². The fraction of sp³-hybridized carbons (Fsp3) is 0.765. The number of carbonyl (C=O) groups is 2. The van der Waals surface area contributed by atoms with Crippen molar-refractivity contribution < 1.29 is 14.7 Å². The Kier molecular flexibility index (Phi) is 4.32. The summed E-state index contributed by atoms with van der Waals surface area (Å²) in [5.74, 6) is -1.00. The highest BCUT2D eigenvalue weighted by molar-refractivity contribution is 5.86. The van der Waals surface area contributed by atoms with E-state index in [0.717, 1.165) is 19.4 Å². The first-order valence-corrected chi connectivity index (χ1v) is 8.35. The molecule has 0 aliphatic heterocycles. The smallest absolute Gasteiger partial charge is 0.307 e. The van der Waals surface area contributed by atoms with Gasteiger partial charge in [-0.15, -0.1) is 0 Å². The molecule has 4 rings (SSSR count). The Morgan fingerprint density at radius 1 is 0.952 bits per heavy atom. The molecule has 0 heterocycles. The number of nitrogens with one attached hydrogen (secondary N) is 1. The first kappa shape index (κ1) is 14.6. The van der Waals surface area contributed by atoms with Gasteiger partial charge in [0, 0.05) is 6.54 Å². The second-order valence-electron chi connectivity index (χ2n) is 6.93. The number of carboxylic acids is 1. The molecule has 0 saturated heterocycles. The van der Waals surface area contributed by atoms with E-state index in [1.54, 1.807) is 0 Å². The second-order valence-corrected chi connectivity index (χ2v) is 6.93. The van der Waals surface area contributed by atoms with Crippen LogP contribution in [-0.2, 0) is 9.59 Å². The first-order valence-electron chi connectivity index (χ1n) is 8.35. The van der Waals surface area contributed by atoms with Gasteiger partial charge >= 0.3 is 5.97 Å². The molecule has 0 radical (unpaired) electrons. The van der Waals surface area contributed by atoms with Gasteiger partial charge in [-0.2, -0.15) is 0 Å². The minimum absolute atomic E-state index is 0.0352. The lowest BCUT2D eigenvalue weighted by molar-refractivity contribution is -0.153. The standard InChI is InChI=1S/C17H25NO3/c19-16(18-10-11-4-2-1-3-5-11)14-12-6-8-13(9-7-12)15(14)17(20)21/h6,8,11-15H,1-5,7,9-10H2,(H,18,19)(H,20,21)/t12-,13-,14+,15-/m0/s1. The summed E-state index contributed by atoms with van der Waals surface area (Å²) < 4.78 is 0. The zero-order chi connectivity index (χ0) is 14.8. The molecule has 0 aromatic heterocycles. The van der Waals surface area contributed by atoms with Gasteiger partial charge in [0.1, 0.15) is 0 Å². The molecule has 0 spiro atoms. The summed E-state index contributed by atoms with van der Waals surface area (Å²) in [7, 11) is 0. The molecule has 4 atom stereocenters. The van der Waals surface area contributed by atoms with Crippen molar-refractivity contribution in [2.45, 2.75) is 44.9 Å². The number of fused-ring (bicyclic) bond motifs is 2. The molecular weight excluding hydrogens is 266 g/mol. The molecule has 2 saturated carbocycles. The minimum atomic E-state index is -0.813. The number of hydrogen-bond donors (Lipinski definition) is 2. The first-order chi connectivity index (χ1) is 10.2. The van der Waals surface area contributed by atoms with E-state index in [4.69, 9.17) is 0 Å². The van der Waals surface area contributed by atoms with Crippen molar-refractivity contribution in [3.05, 3.63) is 12.2 Å². The van der Waals surface area contributed by atoms with Gasteiger partial charge in [0.25, 0.3) is 0 Å². The van der Waals surface area contributed by atoms with Crippen LogP contribution in [0.25, 0.3) is 0 Å². The average Bonchev–Trinajstić information content (AvgIpc) is 2.53. The molecule has 1 amide bonds. The molecule has 2 N–H and O–H groups in total. The van der Waals surface area contributed by atoms with E-state index >= 15 is 0 Å². The largest absolute Gasteiger partial charge is 0.481 e. The highest BCUT2D eigenvalue weighted by Crippen LogP contribution is 2.45. The van der Waals surface area contributed by atoms with Gasteiger partial charge in [-0.25, -0.2) is 0 Å². The lowest BCUT2D eigenvalue weighted by atomic mass is 9.62. The van der Waals surface area contributed by atoms with E-state index in [9.17, 15) is 14.7 Å². The van der Waals surface area contributed by atoms with Crippen molar-refractivity contribution in [2.75, 3.05) is 6.54 Å². The van der Waals surface area contributed by atoms with Crippen LogP contribution in [0, 0.1) is 29.6 Å². The number of carbonyl (C=O) groups excluding carboxylic acids is 1. The van der Waals surface area contributed by atoms with Crippen LogP contribution in [-0.4, -0.2) is 23.5 Å². The van der Waals surface area contributed by atoms with Crippen molar-refractivity contribution in [2.24, 2.45) is 29.6 Å². The van der Waals surface area contributed by atoms with E-state index in [0.29, 0.717) is 5.92 Å². The topological polar surface area (TPSA) is 66.4 Å². The fourth-order valence-corrected chi connectivity index (χ4v) is 4.44. The average molecular weight is 291 g/mol. The maximum atomic E-state index is 12.5. The van der Waals surface area contributed by atoms with Gasteiger partial charge in [0.2, 0.25) is 5.91 Å². The number of carboxylic acid groups (broad SMARTS) is 1. The van der Waals surface area contributed by atoms with Crippen LogP contribution in [0.15, 0.2) is 12.2 Å². The molecule has 4 aliphatic carbocycles. The van der Waals surface area contributed by atoms with Crippen molar-refractivity contribution in [1.29, 1.82) is 0 Å². The van der Waals surface area contributed by atoms with E-state index in [2.05, 4.69) is 11.4 Å². The number of allylic oxidation sites excluding steroid dienone is 2. The number of amides is 1.